The van der Waals surface area contributed by atoms with Crippen LogP contribution in [0.3, 0.4) is 0 Å². The van der Waals surface area contributed by atoms with E-state index in [-0.39, 0.29) is 0 Å². The number of anilines is 1. The molecule has 26 heavy (non-hydrogen) atoms. The highest BCUT2D eigenvalue weighted by Crippen LogP contribution is 2.28. The third kappa shape index (κ3) is 4.04. The Morgan fingerprint density at radius 3 is 2.54 bits per heavy atom. The fourth-order valence-electron chi connectivity index (χ4n) is 2.80. The number of ether oxygens (including phenoxy) is 2. The van der Waals surface area contributed by atoms with E-state index in [0.29, 0.717) is 24.8 Å². The first kappa shape index (κ1) is 18.0. The van der Waals surface area contributed by atoms with Crippen LogP contribution in [0.15, 0.2) is 24.3 Å². The second-order valence-electron chi connectivity index (χ2n) is 5.98. The smallest absolute Gasteiger partial charge is 0.254 e. The minimum absolute atomic E-state index is 0.613. The second kappa shape index (κ2) is 8.03. The Morgan fingerprint density at radius 1 is 1.00 bits per heavy atom. The van der Waals surface area contributed by atoms with Gasteiger partial charge in [-0.2, -0.15) is 9.50 Å². The Labute approximate surface area is 153 Å². The lowest BCUT2D eigenvalue weighted by Crippen LogP contribution is -2.10. The molecule has 2 aromatic heterocycles. The molecule has 138 valence electrons. The molecule has 3 rings (SSSR count). The number of hydrogen-bond donors (Lipinski definition) is 1. The lowest BCUT2D eigenvalue weighted by atomic mass is 10.1. The number of hydrogen-bond acceptors (Lipinski definition) is 6. The van der Waals surface area contributed by atoms with Gasteiger partial charge in [0.2, 0.25) is 0 Å². The average Bonchev–Trinajstić information content (AvgIpc) is 2.97. The molecule has 0 radical (unpaired) electrons. The number of aryl methyl sites for hydroxylation is 2. The van der Waals surface area contributed by atoms with Gasteiger partial charge in [-0.3, -0.25) is 0 Å². The Balaban J connectivity index is 1.71. The largest absolute Gasteiger partial charge is 0.490 e. The van der Waals surface area contributed by atoms with Gasteiger partial charge in [0.1, 0.15) is 11.6 Å². The van der Waals surface area contributed by atoms with Crippen molar-refractivity contribution in [3.05, 3.63) is 41.3 Å². The quantitative estimate of drug-likeness (QED) is 0.669. The molecule has 0 fully saturated rings. The fourth-order valence-corrected chi connectivity index (χ4v) is 2.80. The third-order valence-electron chi connectivity index (χ3n) is 3.87. The molecule has 0 aliphatic carbocycles. The van der Waals surface area contributed by atoms with Gasteiger partial charge >= 0.3 is 0 Å². The first-order chi connectivity index (χ1) is 12.6. The van der Waals surface area contributed by atoms with Crippen molar-refractivity contribution < 1.29 is 9.47 Å². The van der Waals surface area contributed by atoms with Gasteiger partial charge in [0, 0.05) is 18.3 Å². The van der Waals surface area contributed by atoms with Crippen molar-refractivity contribution in [2.24, 2.45) is 0 Å². The van der Waals surface area contributed by atoms with E-state index in [1.807, 2.05) is 45.9 Å². The van der Waals surface area contributed by atoms with Gasteiger partial charge < -0.3 is 14.8 Å². The van der Waals surface area contributed by atoms with Gasteiger partial charge in [-0.15, -0.1) is 5.10 Å². The zero-order chi connectivity index (χ0) is 18.5. The van der Waals surface area contributed by atoms with Crippen LogP contribution >= 0.6 is 0 Å². The van der Waals surface area contributed by atoms with Gasteiger partial charge in [0.15, 0.2) is 11.5 Å². The van der Waals surface area contributed by atoms with E-state index >= 15 is 0 Å². The maximum absolute atomic E-state index is 5.69. The Bertz CT molecular complexity index is 891. The van der Waals surface area contributed by atoms with E-state index in [0.717, 1.165) is 36.0 Å². The molecule has 0 unspecified atom stereocenters. The summed E-state index contributed by atoms with van der Waals surface area (Å²) in [6.07, 6.45) is 0.850. The van der Waals surface area contributed by atoms with E-state index in [1.54, 1.807) is 4.52 Å². The predicted molar refractivity (Wildman–Crippen MR) is 101 cm³/mol. The highest BCUT2D eigenvalue weighted by Gasteiger charge is 2.09. The van der Waals surface area contributed by atoms with Gasteiger partial charge in [-0.25, -0.2) is 4.98 Å². The molecule has 0 atom stereocenters. The van der Waals surface area contributed by atoms with Gasteiger partial charge in [-0.1, -0.05) is 6.07 Å². The van der Waals surface area contributed by atoms with E-state index in [4.69, 9.17) is 9.47 Å². The van der Waals surface area contributed by atoms with E-state index in [1.165, 1.54) is 5.56 Å². The fraction of sp³-hybridized carbons (Fsp3) is 0.421. The highest BCUT2D eigenvalue weighted by atomic mass is 16.5. The van der Waals surface area contributed by atoms with Crippen LogP contribution in [0, 0.1) is 13.8 Å². The van der Waals surface area contributed by atoms with Crippen LogP contribution in [0.2, 0.25) is 0 Å². The summed E-state index contributed by atoms with van der Waals surface area (Å²) in [6.45, 7) is 9.76. The third-order valence-corrected chi connectivity index (χ3v) is 3.87. The maximum atomic E-state index is 5.69. The Hall–Kier alpha value is -2.83. The molecule has 1 aromatic carbocycles. The number of benzene rings is 1. The Kier molecular flexibility index (Phi) is 5.55. The molecule has 0 aliphatic heterocycles. The van der Waals surface area contributed by atoms with Crippen LogP contribution in [0.25, 0.3) is 5.78 Å². The van der Waals surface area contributed by atoms with Crippen LogP contribution in [-0.4, -0.2) is 39.3 Å². The normalized spacial score (nSPS) is 10.9. The molecule has 0 spiro atoms. The van der Waals surface area contributed by atoms with Gasteiger partial charge in [0.25, 0.3) is 5.78 Å². The van der Waals surface area contributed by atoms with Crippen LogP contribution in [0.5, 0.6) is 11.5 Å². The van der Waals surface area contributed by atoms with Crippen molar-refractivity contribution in [2.75, 3.05) is 25.1 Å². The molecule has 0 saturated heterocycles. The number of rotatable bonds is 8. The van der Waals surface area contributed by atoms with Crippen molar-refractivity contribution in [3.63, 3.8) is 0 Å². The molecule has 0 saturated carbocycles. The molecule has 3 aromatic rings. The molecule has 7 nitrogen and oxygen atoms in total. The second-order valence-corrected chi connectivity index (χ2v) is 5.98. The molecular weight excluding hydrogens is 330 g/mol. The van der Waals surface area contributed by atoms with Crippen LogP contribution in [0.1, 0.15) is 30.9 Å². The van der Waals surface area contributed by atoms with Crippen molar-refractivity contribution in [2.45, 2.75) is 34.1 Å². The summed E-state index contributed by atoms with van der Waals surface area (Å²) < 4.78 is 13.1. The topological polar surface area (TPSA) is 73.6 Å². The van der Waals surface area contributed by atoms with Crippen LogP contribution in [0.4, 0.5) is 5.82 Å². The average molecular weight is 355 g/mol. The molecule has 0 aliphatic rings. The summed E-state index contributed by atoms with van der Waals surface area (Å²) in [5.41, 5.74) is 2.09. The minimum atomic E-state index is 0.613. The molecule has 1 N–H and O–H groups in total. The van der Waals surface area contributed by atoms with Crippen LogP contribution in [-0.2, 0) is 6.42 Å². The minimum Gasteiger partial charge on any atom is -0.490 e. The number of fused-ring (bicyclic) bond motifs is 1. The van der Waals surface area contributed by atoms with Crippen molar-refractivity contribution in [1.29, 1.82) is 0 Å². The zero-order valence-corrected chi connectivity index (χ0v) is 15.7. The molecule has 2 heterocycles. The van der Waals surface area contributed by atoms with Gasteiger partial charge in [0.05, 0.1) is 13.2 Å². The van der Waals surface area contributed by atoms with E-state index in [2.05, 4.69) is 26.4 Å². The van der Waals surface area contributed by atoms with Crippen molar-refractivity contribution >= 4 is 11.6 Å². The summed E-state index contributed by atoms with van der Waals surface area (Å²) in [7, 11) is 0. The monoisotopic (exact) mass is 355 g/mol. The lowest BCUT2D eigenvalue weighted by molar-refractivity contribution is 0.287. The number of aromatic nitrogens is 4. The predicted octanol–water partition coefficient (Wildman–Crippen LogP) is 3.19. The molecule has 0 bridgehead atoms. The standard InChI is InChI=1S/C19H25N5O2/c1-5-25-16-8-7-15(12-17(16)26-6-2)9-10-20-18-11-13(3)21-19-22-14(4)23-24(18)19/h7-8,11-12,20H,5-6,9-10H2,1-4H3. The molecule has 7 heteroatoms. The molecule has 0 amide bonds. The first-order valence-corrected chi connectivity index (χ1v) is 8.94. The first-order valence-electron chi connectivity index (χ1n) is 8.94. The lowest BCUT2D eigenvalue weighted by Gasteiger charge is -2.13. The van der Waals surface area contributed by atoms with E-state index < -0.39 is 0 Å². The van der Waals surface area contributed by atoms with Gasteiger partial charge in [-0.05, 0) is 51.8 Å². The zero-order valence-electron chi connectivity index (χ0n) is 15.7. The molecular formula is C19H25N5O2. The summed E-state index contributed by atoms with van der Waals surface area (Å²) >= 11 is 0. The summed E-state index contributed by atoms with van der Waals surface area (Å²) in [4.78, 5) is 8.73. The van der Waals surface area contributed by atoms with Crippen LogP contribution < -0.4 is 14.8 Å². The SMILES string of the molecule is CCOc1ccc(CCNc2cc(C)nc3nc(C)nn23)cc1OCC. The number of nitrogens with one attached hydrogen (secondary N) is 1. The maximum Gasteiger partial charge on any atom is 0.254 e. The number of nitrogens with zero attached hydrogens (tertiary/aromatic N) is 4. The van der Waals surface area contributed by atoms with Crippen molar-refractivity contribution in [1.82, 2.24) is 19.6 Å². The van der Waals surface area contributed by atoms with Crippen molar-refractivity contribution in [3.8, 4) is 11.5 Å². The summed E-state index contributed by atoms with van der Waals surface area (Å²) in [5, 5.41) is 7.82. The highest BCUT2D eigenvalue weighted by molar-refractivity contribution is 5.46. The Morgan fingerprint density at radius 2 is 1.77 bits per heavy atom. The summed E-state index contributed by atoms with van der Waals surface area (Å²) in [6, 6.07) is 8.07. The van der Waals surface area contributed by atoms with E-state index in [9.17, 15) is 0 Å². The summed E-state index contributed by atoms with van der Waals surface area (Å²) in [5.74, 6) is 3.80.